The lowest BCUT2D eigenvalue weighted by atomic mass is 10.2. The number of anilines is 1. The normalized spacial score (nSPS) is 12.9. The number of fused-ring (bicyclic) bond motifs is 2. The van der Waals surface area contributed by atoms with Crippen molar-refractivity contribution in [2.45, 2.75) is 9.79 Å². The van der Waals surface area contributed by atoms with Gasteiger partial charge in [-0.05, 0) is 36.4 Å². The van der Waals surface area contributed by atoms with E-state index in [0.717, 1.165) is 9.79 Å². The van der Waals surface area contributed by atoms with Gasteiger partial charge in [0.2, 0.25) is 0 Å². The van der Waals surface area contributed by atoms with Gasteiger partial charge in [0.25, 0.3) is 5.91 Å². The zero-order valence-corrected chi connectivity index (χ0v) is 11.6. The molecule has 0 aromatic heterocycles. The molecular weight excluding hydrogens is 298 g/mol. The lowest BCUT2D eigenvalue weighted by Crippen LogP contribution is -2.12. The van der Waals surface area contributed by atoms with E-state index in [1.807, 2.05) is 0 Å². The molecule has 0 saturated heterocycles. The van der Waals surface area contributed by atoms with Crippen LogP contribution in [-0.2, 0) is 0 Å². The van der Waals surface area contributed by atoms with Crippen molar-refractivity contribution in [1.29, 1.82) is 0 Å². The molecule has 2 aromatic carbocycles. The second-order valence-corrected chi connectivity index (χ2v) is 5.73. The van der Waals surface area contributed by atoms with Gasteiger partial charge < -0.3 is 10.4 Å². The van der Waals surface area contributed by atoms with Crippen LogP contribution in [0.2, 0.25) is 5.02 Å². The predicted molar refractivity (Wildman–Crippen MR) is 76.9 cm³/mol. The third-order valence-electron chi connectivity index (χ3n) is 2.88. The Hall–Kier alpha value is -1.98. The van der Waals surface area contributed by atoms with Crippen molar-refractivity contribution in [3.63, 3.8) is 0 Å². The highest BCUT2D eigenvalue weighted by Crippen LogP contribution is 2.40. The molecule has 2 N–H and O–H groups in total. The summed E-state index contributed by atoms with van der Waals surface area (Å²) >= 11 is 7.33. The molecule has 6 heteroatoms. The summed E-state index contributed by atoms with van der Waals surface area (Å²) < 4.78 is 0. The Morgan fingerprint density at radius 2 is 1.95 bits per heavy atom. The van der Waals surface area contributed by atoms with Crippen LogP contribution in [0.15, 0.2) is 46.2 Å². The maximum absolute atomic E-state index is 12.1. The smallest absolute Gasteiger partial charge is 0.335 e. The largest absolute Gasteiger partial charge is 0.478 e. The number of carbonyl (C=O) groups is 2. The number of amides is 1. The molecule has 100 valence electrons. The summed E-state index contributed by atoms with van der Waals surface area (Å²) in [5.74, 6) is -1.30. The first-order valence-electron chi connectivity index (χ1n) is 5.71. The number of carboxylic acid groups (broad SMARTS) is 1. The van der Waals surface area contributed by atoms with Crippen LogP contribution in [0.4, 0.5) is 5.69 Å². The van der Waals surface area contributed by atoms with Crippen molar-refractivity contribution in [3.05, 3.63) is 52.5 Å². The third-order valence-corrected chi connectivity index (χ3v) is 4.25. The zero-order chi connectivity index (χ0) is 14.3. The first kappa shape index (κ1) is 13.0. The van der Waals surface area contributed by atoms with Crippen LogP contribution in [-0.4, -0.2) is 17.0 Å². The average Bonchev–Trinajstić information content (AvgIpc) is 2.53. The topological polar surface area (TPSA) is 66.4 Å². The van der Waals surface area contributed by atoms with Crippen molar-refractivity contribution in [2.75, 3.05) is 5.32 Å². The molecule has 20 heavy (non-hydrogen) atoms. The van der Waals surface area contributed by atoms with Crippen molar-refractivity contribution in [1.82, 2.24) is 0 Å². The molecule has 1 amide bonds. The number of halogens is 1. The Labute approximate surface area is 123 Å². The number of hydrogen-bond donors (Lipinski definition) is 2. The van der Waals surface area contributed by atoms with E-state index in [1.165, 1.54) is 23.9 Å². The first-order valence-corrected chi connectivity index (χ1v) is 6.90. The van der Waals surface area contributed by atoms with E-state index < -0.39 is 5.97 Å². The van der Waals surface area contributed by atoms with Gasteiger partial charge in [0.1, 0.15) is 0 Å². The average molecular weight is 306 g/mol. The van der Waals surface area contributed by atoms with Crippen LogP contribution in [0.3, 0.4) is 0 Å². The van der Waals surface area contributed by atoms with Gasteiger partial charge in [0, 0.05) is 14.8 Å². The van der Waals surface area contributed by atoms with Crippen LogP contribution in [0.1, 0.15) is 20.7 Å². The van der Waals surface area contributed by atoms with Gasteiger partial charge in [-0.25, -0.2) is 4.79 Å². The summed E-state index contributed by atoms with van der Waals surface area (Å²) in [5.41, 5.74) is 1.15. The van der Waals surface area contributed by atoms with Crippen molar-refractivity contribution in [3.8, 4) is 0 Å². The van der Waals surface area contributed by atoms with E-state index in [-0.39, 0.29) is 11.5 Å². The molecule has 3 rings (SSSR count). The van der Waals surface area contributed by atoms with Gasteiger partial charge in [-0.2, -0.15) is 0 Å². The minimum absolute atomic E-state index is 0.133. The minimum atomic E-state index is -1.03. The van der Waals surface area contributed by atoms with Crippen molar-refractivity contribution in [2.24, 2.45) is 0 Å². The summed E-state index contributed by atoms with van der Waals surface area (Å²) in [6.07, 6.45) is 0. The van der Waals surface area contributed by atoms with Crippen molar-refractivity contribution >= 4 is 40.9 Å². The van der Waals surface area contributed by atoms with Gasteiger partial charge in [-0.3, -0.25) is 4.79 Å². The highest BCUT2D eigenvalue weighted by Gasteiger charge is 2.21. The SMILES string of the molecule is O=C(O)c1ccc2c(c1)NC(=O)c1ccc(Cl)cc1S2. The fourth-order valence-electron chi connectivity index (χ4n) is 1.93. The number of carbonyl (C=O) groups excluding carboxylic acids is 1. The summed E-state index contributed by atoms with van der Waals surface area (Å²) in [7, 11) is 0. The Morgan fingerprint density at radius 1 is 1.15 bits per heavy atom. The van der Waals surface area contributed by atoms with Crippen molar-refractivity contribution < 1.29 is 14.7 Å². The zero-order valence-electron chi connectivity index (χ0n) is 10.0. The molecule has 0 radical (unpaired) electrons. The fourth-order valence-corrected chi connectivity index (χ4v) is 3.21. The van der Waals surface area contributed by atoms with E-state index in [1.54, 1.807) is 24.3 Å². The highest BCUT2D eigenvalue weighted by molar-refractivity contribution is 7.99. The summed E-state index contributed by atoms with van der Waals surface area (Å²) in [6, 6.07) is 9.68. The number of benzene rings is 2. The molecule has 0 spiro atoms. The molecule has 0 atom stereocenters. The standard InChI is InChI=1S/C14H8ClNO3S/c15-8-2-3-9-12(6-8)20-11-4-1-7(14(18)19)5-10(11)16-13(9)17/h1-6H,(H,16,17)(H,18,19). The van der Waals surface area contributed by atoms with Gasteiger partial charge in [0.15, 0.2) is 0 Å². The summed E-state index contributed by atoms with van der Waals surface area (Å²) in [6.45, 7) is 0. The summed E-state index contributed by atoms with van der Waals surface area (Å²) in [4.78, 5) is 24.7. The Balaban J connectivity index is 2.12. The Kier molecular flexibility index (Phi) is 3.16. The monoisotopic (exact) mass is 305 g/mol. The quantitative estimate of drug-likeness (QED) is 0.842. The molecule has 0 unspecified atom stereocenters. The highest BCUT2D eigenvalue weighted by atomic mass is 35.5. The van der Waals surface area contributed by atoms with E-state index in [2.05, 4.69) is 5.32 Å². The first-order chi connectivity index (χ1) is 9.54. The second kappa shape index (κ2) is 4.85. The van der Waals surface area contributed by atoms with Crippen LogP contribution in [0, 0.1) is 0 Å². The molecule has 2 aromatic rings. The van der Waals surface area contributed by atoms with Crippen LogP contribution in [0.5, 0.6) is 0 Å². The molecule has 0 bridgehead atoms. The lowest BCUT2D eigenvalue weighted by molar-refractivity contribution is 0.0696. The third kappa shape index (κ3) is 2.26. The van der Waals surface area contributed by atoms with E-state index in [0.29, 0.717) is 16.3 Å². The molecule has 1 aliphatic rings. The van der Waals surface area contributed by atoms with Crippen LogP contribution < -0.4 is 5.32 Å². The predicted octanol–water partition coefficient (Wildman–Crippen LogP) is 3.76. The molecule has 0 saturated carbocycles. The van der Waals surface area contributed by atoms with E-state index >= 15 is 0 Å². The Morgan fingerprint density at radius 3 is 2.70 bits per heavy atom. The minimum Gasteiger partial charge on any atom is -0.478 e. The van der Waals surface area contributed by atoms with Crippen LogP contribution >= 0.6 is 23.4 Å². The van der Waals surface area contributed by atoms with E-state index in [4.69, 9.17) is 16.7 Å². The summed E-state index contributed by atoms with van der Waals surface area (Å²) in [5, 5.41) is 12.3. The van der Waals surface area contributed by atoms with Gasteiger partial charge in [0.05, 0.1) is 16.8 Å². The Bertz CT molecular complexity index is 745. The fraction of sp³-hybridized carbons (Fsp3) is 0. The molecule has 1 aliphatic heterocycles. The lowest BCUT2D eigenvalue weighted by Gasteiger charge is -2.06. The number of aromatic carboxylic acids is 1. The second-order valence-electron chi connectivity index (χ2n) is 4.21. The molecular formula is C14H8ClNO3S. The molecule has 0 fully saturated rings. The number of carboxylic acids is 1. The number of nitrogens with one attached hydrogen (secondary N) is 1. The molecule has 4 nitrogen and oxygen atoms in total. The number of hydrogen-bond acceptors (Lipinski definition) is 3. The van der Waals surface area contributed by atoms with Gasteiger partial charge in [-0.15, -0.1) is 0 Å². The molecule has 1 heterocycles. The maximum Gasteiger partial charge on any atom is 0.335 e. The number of rotatable bonds is 1. The van der Waals surface area contributed by atoms with Gasteiger partial charge in [-0.1, -0.05) is 23.4 Å². The molecule has 0 aliphatic carbocycles. The van der Waals surface area contributed by atoms with E-state index in [9.17, 15) is 9.59 Å². The van der Waals surface area contributed by atoms with Gasteiger partial charge >= 0.3 is 5.97 Å². The van der Waals surface area contributed by atoms with Crippen LogP contribution in [0.25, 0.3) is 0 Å². The maximum atomic E-state index is 12.1.